The zero-order valence-electron chi connectivity index (χ0n) is 12.1. The van der Waals surface area contributed by atoms with Crippen molar-refractivity contribution in [1.82, 2.24) is 9.55 Å². The number of hydrogen-bond donors (Lipinski definition) is 1. The number of methoxy groups -OCH3 is 1. The van der Waals surface area contributed by atoms with Crippen molar-refractivity contribution in [1.29, 1.82) is 0 Å². The summed E-state index contributed by atoms with van der Waals surface area (Å²) in [5, 5.41) is 0. The molecule has 19 heavy (non-hydrogen) atoms. The average molecular weight is 263 g/mol. The number of imidazole rings is 1. The molecule has 106 valence electrons. The number of aromatic nitrogens is 2. The van der Waals surface area contributed by atoms with E-state index < -0.39 is 0 Å². The Labute approximate surface area is 115 Å². The van der Waals surface area contributed by atoms with E-state index in [1.807, 2.05) is 6.08 Å². The molecule has 1 aromatic heterocycles. The maximum atomic E-state index is 6.29. The van der Waals surface area contributed by atoms with Gasteiger partial charge < -0.3 is 15.0 Å². The van der Waals surface area contributed by atoms with E-state index in [1.54, 1.807) is 7.11 Å². The minimum absolute atomic E-state index is 0.233. The Hall–Kier alpha value is -1.29. The van der Waals surface area contributed by atoms with Crippen LogP contribution in [-0.4, -0.2) is 23.3 Å². The molecule has 0 aromatic carbocycles. The van der Waals surface area contributed by atoms with Crippen molar-refractivity contribution in [2.24, 2.45) is 0 Å². The van der Waals surface area contributed by atoms with Crippen molar-refractivity contribution in [3.05, 3.63) is 24.2 Å². The Balaban J connectivity index is 2.34. The number of nitrogen functional groups attached to an aromatic ring is 1. The first-order valence-electron chi connectivity index (χ1n) is 7.14. The molecule has 1 fully saturated rings. The van der Waals surface area contributed by atoms with Crippen molar-refractivity contribution in [2.75, 3.05) is 19.5 Å². The predicted molar refractivity (Wildman–Crippen MR) is 78.3 cm³/mol. The van der Waals surface area contributed by atoms with E-state index in [4.69, 9.17) is 15.5 Å². The monoisotopic (exact) mass is 263 g/mol. The summed E-state index contributed by atoms with van der Waals surface area (Å²) in [5.74, 6) is 2.72. The zero-order chi connectivity index (χ0) is 13.8. The fourth-order valence-electron chi connectivity index (χ4n) is 3.01. The molecule has 1 heterocycles. The minimum atomic E-state index is 0.233. The normalized spacial score (nSPS) is 17.8. The number of allylic oxidation sites excluding steroid dienone is 1. The van der Waals surface area contributed by atoms with E-state index in [1.165, 1.54) is 25.7 Å². The smallest absolute Gasteiger partial charge is 0.127 e. The first-order chi connectivity index (χ1) is 9.19. The van der Waals surface area contributed by atoms with Crippen molar-refractivity contribution in [2.45, 2.75) is 51.0 Å². The number of anilines is 1. The van der Waals surface area contributed by atoms with Gasteiger partial charge in [-0.25, -0.2) is 4.98 Å². The van der Waals surface area contributed by atoms with Crippen molar-refractivity contribution < 1.29 is 4.74 Å². The highest BCUT2D eigenvalue weighted by Crippen LogP contribution is 2.36. The summed E-state index contributed by atoms with van der Waals surface area (Å²) >= 11 is 0. The molecule has 0 bridgehead atoms. The highest BCUT2D eigenvalue weighted by atomic mass is 16.5. The molecule has 1 atom stereocenters. The lowest BCUT2D eigenvalue weighted by Crippen LogP contribution is -2.09. The summed E-state index contributed by atoms with van der Waals surface area (Å²) in [4.78, 5) is 4.84. The Bertz CT molecular complexity index is 433. The number of rotatable bonds is 6. The highest BCUT2D eigenvalue weighted by Gasteiger charge is 2.26. The Morgan fingerprint density at radius 3 is 2.79 bits per heavy atom. The molecule has 1 unspecified atom stereocenters. The fraction of sp³-hybridized carbons (Fsp3) is 0.667. The van der Waals surface area contributed by atoms with Crippen LogP contribution in [0, 0.1) is 0 Å². The minimum Gasteiger partial charge on any atom is -0.384 e. The quantitative estimate of drug-likeness (QED) is 0.802. The standard InChI is InChI=1S/C15H25N3O/c1-4-9-18-14(16)13(11(2)10-19-3)17-15(18)12-7-5-6-8-12/h4,11-12H,1,5-10,16H2,2-3H3. The third-order valence-corrected chi connectivity index (χ3v) is 3.98. The summed E-state index contributed by atoms with van der Waals surface area (Å²) in [5.41, 5.74) is 7.26. The summed E-state index contributed by atoms with van der Waals surface area (Å²) in [6, 6.07) is 0. The molecule has 1 aliphatic carbocycles. The van der Waals surface area contributed by atoms with E-state index in [-0.39, 0.29) is 5.92 Å². The van der Waals surface area contributed by atoms with Crippen LogP contribution >= 0.6 is 0 Å². The van der Waals surface area contributed by atoms with Gasteiger partial charge in [0.25, 0.3) is 0 Å². The van der Waals surface area contributed by atoms with E-state index in [9.17, 15) is 0 Å². The highest BCUT2D eigenvalue weighted by molar-refractivity contribution is 5.41. The van der Waals surface area contributed by atoms with Crippen LogP contribution in [0.5, 0.6) is 0 Å². The second kappa shape index (κ2) is 6.24. The van der Waals surface area contributed by atoms with Crippen LogP contribution in [0.25, 0.3) is 0 Å². The molecule has 1 aliphatic rings. The van der Waals surface area contributed by atoms with Crippen molar-refractivity contribution in [3.63, 3.8) is 0 Å². The van der Waals surface area contributed by atoms with Crippen LogP contribution in [0.2, 0.25) is 0 Å². The van der Waals surface area contributed by atoms with Crippen LogP contribution < -0.4 is 5.73 Å². The van der Waals surface area contributed by atoms with Gasteiger partial charge >= 0.3 is 0 Å². The predicted octanol–water partition coefficient (Wildman–Crippen LogP) is 3.06. The van der Waals surface area contributed by atoms with Crippen LogP contribution in [-0.2, 0) is 11.3 Å². The summed E-state index contributed by atoms with van der Waals surface area (Å²) in [6.45, 7) is 7.33. The second-order valence-electron chi connectivity index (χ2n) is 5.48. The number of nitrogens with two attached hydrogens (primary N) is 1. The van der Waals surface area contributed by atoms with Crippen LogP contribution in [0.4, 0.5) is 5.82 Å². The van der Waals surface area contributed by atoms with Gasteiger partial charge in [0.2, 0.25) is 0 Å². The van der Waals surface area contributed by atoms with Crippen molar-refractivity contribution >= 4 is 5.82 Å². The van der Waals surface area contributed by atoms with Gasteiger partial charge in [0.05, 0.1) is 12.3 Å². The molecule has 4 heteroatoms. The van der Waals surface area contributed by atoms with Gasteiger partial charge in [-0.3, -0.25) is 0 Å². The van der Waals surface area contributed by atoms with Gasteiger partial charge in [-0.2, -0.15) is 0 Å². The van der Waals surface area contributed by atoms with Gasteiger partial charge in [0, 0.05) is 25.5 Å². The molecule has 0 spiro atoms. The molecule has 0 aliphatic heterocycles. The first-order valence-corrected chi connectivity index (χ1v) is 7.14. The molecular formula is C15H25N3O. The lowest BCUT2D eigenvalue weighted by Gasteiger charge is -2.12. The zero-order valence-corrected chi connectivity index (χ0v) is 12.1. The maximum absolute atomic E-state index is 6.29. The van der Waals surface area contributed by atoms with E-state index in [0.717, 1.165) is 23.9 Å². The second-order valence-corrected chi connectivity index (χ2v) is 5.48. The summed E-state index contributed by atoms with van der Waals surface area (Å²) in [7, 11) is 1.71. The third-order valence-electron chi connectivity index (χ3n) is 3.98. The lowest BCUT2D eigenvalue weighted by atomic mass is 10.1. The molecule has 0 amide bonds. The third kappa shape index (κ3) is 2.84. The van der Waals surface area contributed by atoms with E-state index in [2.05, 4.69) is 18.1 Å². The van der Waals surface area contributed by atoms with Gasteiger partial charge in [-0.05, 0) is 12.8 Å². The average Bonchev–Trinajstić information content (AvgIpc) is 3.00. The largest absolute Gasteiger partial charge is 0.384 e. The lowest BCUT2D eigenvalue weighted by molar-refractivity contribution is 0.183. The van der Waals surface area contributed by atoms with Crippen LogP contribution in [0.1, 0.15) is 56.0 Å². The van der Waals surface area contributed by atoms with Gasteiger partial charge in [-0.15, -0.1) is 6.58 Å². The molecular weight excluding hydrogens is 238 g/mol. The maximum Gasteiger partial charge on any atom is 0.127 e. The molecule has 2 rings (SSSR count). The molecule has 1 aromatic rings. The Morgan fingerprint density at radius 2 is 2.21 bits per heavy atom. The first kappa shape index (κ1) is 14.1. The number of ether oxygens (including phenoxy) is 1. The van der Waals surface area contributed by atoms with Crippen LogP contribution in [0.15, 0.2) is 12.7 Å². The Kier molecular flexibility index (Phi) is 4.64. The Morgan fingerprint density at radius 1 is 1.53 bits per heavy atom. The van der Waals surface area contributed by atoms with Gasteiger partial charge in [-0.1, -0.05) is 25.8 Å². The molecule has 0 radical (unpaired) electrons. The van der Waals surface area contributed by atoms with Crippen LogP contribution in [0.3, 0.4) is 0 Å². The van der Waals surface area contributed by atoms with E-state index >= 15 is 0 Å². The number of hydrogen-bond acceptors (Lipinski definition) is 3. The molecule has 4 nitrogen and oxygen atoms in total. The van der Waals surface area contributed by atoms with Crippen molar-refractivity contribution in [3.8, 4) is 0 Å². The molecule has 0 saturated heterocycles. The molecule has 1 saturated carbocycles. The van der Waals surface area contributed by atoms with E-state index in [0.29, 0.717) is 12.5 Å². The SMILES string of the molecule is C=CCn1c(C2CCCC2)nc(C(C)COC)c1N. The molecule has 2 N–H and O–H groups in total. The number of nitrogens with zero attached hydrogens (tertiary/aromatic N) is 2. The topological polar surface area (TPSA) is 53.1 Å². The van der Waals surface area contributed by atoms with Gasteiger partial charge in [0.1, 0.15) is 11.6 Å². The summed E-state index contributed by atoms with van der Waals surface area (Å²) in [6.07, 6.45) is 6.95. The fourth-order valence-corrected chi connectivity index (χ4v) is 3.01. The van der Waals surface area contributed by atoms with Gasteiger partial charge in [0.15, 0.2) is 0 Å². The summed E-state index contributed by atoms with van der Waals surface area (Å²) < 4.78 is 7.35.